The fraction of sp³-hybridized carbons (Fsp3) is 0.455. The second-order valence-electron chi connectivity index (χ2n) is 7.98. The van der Waals surface area contributed by atoms with Gasteiger partial charge < -0.3 is 25.2 Å². The molecule has 0 spiro atoms. The summed E-state index contributed by atoms with van der Waals surface area (Å²) in [5.74, 6) is -2.33. The molecule has 2 aromatic rings. The number of carbonyl (C=O) groups is 1. The van der Waals surface area contributed by atoms with Crippen LogP contribution in [-0.4, -0.2) is 65.8 Å². The molecule has 9 nitrogen and oxygen atoms in total. The summed E-state index contributed by atoms with van der Waals surface area (Å²) < 4.78 is 43.5. The molecule has 0 aliphatic carbocycles. The van der Waals surface area contributed by atoms with Crippen molar-refractivity contribution in [3.63, 3.8) is 0 Å². The lowest BCUT2D eigenvalue weighted by Gasteiger charge is -2.35. The van der Waals surface area contributed by atoms with E-state index in [0.29, 0.717) is 18.8 Å². The highest BCUT2D eigenvalue weighted by molar-refractivity contribution is 5.81. The number of benzene rings is 1. The van der Waals surface area contributed by atoms with Gasteiger partial charge >= 0.3 is 12.1 Å². The van der Waals surface area contributed by atoms with Crippen molar-refractivity contribution in [1.82, 2.24) is 14.9 Å². The van der Waals surface area contributed by atoms with E-state index in [4.69, 9.17) is 4.74 Å². The van der Waals surface area contributed by atoms with E-state index < -0.39 is 12.1 Å². The number of esters is 1. The van der Waals surface area contributed by atoms with Gasteiger partial charge in [-0.15, -0.1) is 0 Å². The lowest BCUT2D eigenvalue weighted by molar-refractivity contribution is -0.189. The van der Waals surface area contributed by atoms with Crippen LogP contribution < -0.4 is 20.3 Å². The molecule has 1 aromatic heterocycles. The van der Waals surface area contributed by atoms with Crippen molar-refractivity contribution in [2.24, 2.45) is 0 Å². The van der Waals surface area contributed by atoms with Crippen LogP contribution in [0, 0.1) is 11.3 Å². The van der Waals surface area contributed by atoms with Gasteiger partial charge in [-0.3, -0.25) is 0 Å². The van der Waals surface area contributed by atoms with Crippen LogP contribution >= 0.6 is 0 Å². The minimum absolute atomic E-state index is 0.0226. The molecule has 1 fully saturated rings. The molecule has 1 aliphatic heterocycles. The third kappa shape index (κ3) is 6.26. The van der Waals surface area contributed by atoms with Crippen LogP contribution in [0.2, 0.25) is 0 Å². The summed E-state index contributed by atoms with van der Waals surface area (Å²) in [5.41, 5.74) is 0.924. The highest BCUT2D eigenvalue weighted by atomic mass is 19.4. The molecule has 0 atom stereocenters. The maximum Gasteiger partial charge on any atom is 0.491 e. The van der Waals surface area contributed by atoms with Crippen molar-refractivity contribution >= 4 is 29.1 Å². The molecule has 1 aromatic carbocycles. The Morgan fingerprint density at radius 1 is 1.26 bits per heavy atom. The molecule has 0 radical (unpaired) electrons. The Bertz CT molecular complexity index is 1060. The Kier molecular flexibility index (Phi) is 7.78. The van der Waals surface area contributed by atoms with Gasteiger partial charge in [-0.2, -0.15) is 23.4 Å². The van der Waals surface area contributed by atoms with E-state index in [1.54, 1.807) is 6.07 Å². The molecule has 34 heavy (non-hydrogen) atoms. The van der Waals surface area contributed by atoms with E-state index >= 15 is 0 Å². The second kappa shape index (κ2) is 10.6. The van der Waals surface area contributed by atoms with Crippen LogP contribution in [0.5, 0.6) is 5.75 Å². The van der Waals surface area contributed by atoms with E-state index in [1.165, 1.54) is 18.3 Å². The predicted molar refractivity (Wildman–Crippen MR) is 121 cm³/mol. The summed E-state index contributed by atoms with van der Waals surface area (Å²) in [7, 11) is 0. The molecule has 2 heterocycles. The number of carbonyl (C=O) groups excluding carboxylic acids is 1. The number of hydrogen-bond donors (Lipinski definition) is 2. The first-order valence-corrected chi connectivity index (χ1v) is 10.8. The van der Waals surface area contributed by atoms with Gasteiger partial charge in [0.05, 0.1) is 11.9 Å². The third-order valence-corrected chi connectivity index (χ3v) is 5.17. The first-order chi connectivity index (χ1) is 16.1. The van der Waals surface area contributed by atoms with Crippen molar-refractivity contribution in [1.29, 1.82) is 5.26 Å². The number of nitrogens with zero attached hydrogens (tertiary/aromatic N) is 5. The summed E-state index contributed by atoms with van der Waals surface area (Å²) in [6.07, 6.45) is -3.86. The molecule has 0 saturated carbocycles. The third-order valence-electron chi connectivity index (χ3n) is 5.17. The number of piperazine rings is 1. The largest absolute Gasteiger partial charge is 0.491 e. The first-order valence-electron chi connectivity index (χ1n) is 10.8. The van der Waals surface area contributed by atoms with Gasteiger partial charge in [0.2, 0.25) is 5.95 Å². The number of aromatic nitrogens is 2. The lowest BCUT2D eigenvalue weighted by Crippen LogP contribution is -2.46. The minimum Gasteiger partial charge on any atom is -0.418 e. The molecular weight excluding hydrogens is 451 g/mol. The summed E-state index contributed by atoms with van der Waals surface area (Å²) in [5, 5.41) is 15.1. The molecule has 182 valence electrons. The maximum absolute atomic E-state index is 12.9. The minimum atomic E-state index is -5.15. The fourth-order valence-electron chi connectivity index (χ4n) is 3.40. The van der Waals surface area contributed by atoms with Crippen LogP contribution in [-0.2, 0) is 4.79 Å². The number of alkyl halides is 3. The summed E-state index contributed by atoms with van der Waals surface area (Å²) in [4.78, 5) is 24.2. The molecule has 0 bridgehead atoms. The lowest BCUT2D eigenvalue weighted by atomic mass is 10.2. The molecule has 3 rings (SSSR count). The highest BCUT2D eigenvalue weighted by Crippen LogP contribution is 2.34. The molecule has 0 unspecified atom stereocenters. The van der Waals surface area contributed by atoms with Gasteiger partial charge in [0.25, 0.3) is 0 Å². The molecule has 2 N–H and O–H groups in total. The van der Waals surface area contributed by atoms with E-state index in [1.807, 2.05) is 24.8 Å². The summed E-state index contributed by atoms with van der Waals surface area (Å²) in [6.45, 7) is 9.74. The quantitative estimate of drug-likeness (QED) is 0.458. The number of likely N-dealkylation sites (N-methyl/N-ethyl adjacent to an activating group) is 1. The van der Waals surface area contributed by atoms with Crippen LogP contribution in [0.15, 0.2) is 24.4 Å². The average molecular weight is 477 g/mol. The van der Waals surface area contributed by atoms with Crippen LogP contribution in [0.4, 0.5) is 36.3 Å². The van der Waals surface area contributed by atoms with Gasteiger partial charge in [-0.05, 0) is 32.5 Å². The van der Waals surface area contributed by atoms with Crippen molar-refractivity contribution in [2.75, 3.05) is 48.3 Å². The molecule has 1 saturated heterocycles. The summed E-state index contributed by atoms with van der Waals surface area (Å²) in [6, 6.07) is 6.59. The molecule has 12 heteroatoms. The van der Waals surface area contributed by atoms with Crippen LogP contribution in [0.1, 0.15) is 26.3 Å². The zero-order chi connectivity index (χ0) is 24.9. The Morgan fingerprint density at radius 2 is 1.97 bits per heavy atom. The Balaban J connectivity index is 1.91. The molecular formula is C22H26F3N7O2. The van der Waals surface area contributed by atoms with Crippen molar-refractivity contribution < 1.29 is 22.7 Å². The topological polar surface area (TPSA) is 106 Å². The number of hydrogen-bond acceptors (Lipinski definition) is 9. The zero-order valence-electron chi connectivity index (χ0n) is 19.1. The smallest absolute Gasteiger partial charge is 0.418 e. The monoisotopic (exact) mass is 477 g/mol. The van der Waals surface area contributed by atoms with Crippen LogP contribution in [0.3, 0.4) is 0 Å². The number of rotatable bonds is 7. The number of nitriles is 1. The number of halogens is 3. The van der Waals surface area contributed by atoms with Crippen molar-refractivity contribution in [3.8, 4) is 11.8 Å². The Labute approximate surface area is 195 Å². The maximum atomic E-state index is 12.9. The van der Waals surface area contributed by atoms with E-state index in [2.05, 4.69) is 32.4 Å². The van der Waals surface area contributed by atoms with Gasteiger partial charge in [0.15, 0.2) is 5.75 Å². The zero-order valence-corrected chi connectivity index (χ0v) is 19.1. The first kappa shape index (κ1) is 25.0. The SMILES string of the molecule is CCN1CCN(c2ccc(Nc3ncc(C#N)c(NC(C)C)n3)c(OC(=O)C(F)(F)F)c2)CC1. The number of ether oxygens (including phenoxy) is 1. The fourth-order valence-corrected chi connectivity index (χ4v) is 3.40. The normalized spacial score (nSPS) is 14.6. The highest BCUT2D eigenvalue weighted by Gasteiger charge is 2.41. The average Bonchev–Trinajstić information content (AvgIpc) is 2.79. The predicted octanol–water partition coefficient (Wildman–Crippen LogP) is 3.52. The second-order valence-corrected chi connectivity index (χ2v) is 7.98. The Hall–Kier alpha value is -3.59. The van der Waals surface area contributed by atoms with Gasteiger partial charge in [0.1, 0.15) is 17.5 Å². The number of anilines is 4. The molecule has 0 amide bonds. The van der Waals surface area contributed by atoms with Gasteiger partial charge in [-0.25, -0.2) is 9.78 Å². The van der Waals surface area contributed by atoms with Crippen molar-refractivity contribution in [2.45, 2.75) is 33.0 Å². The van der Waals surface area contributed by atoms with E-state index in [0.717, 1.165) is 19.6 Å². The standard InChI is InChI=1S/C22H26F3N7O2/c1-4-31-7-9-32(10-8-31)16-5-6-17(18(11-16)34-20(33)22(23,24)25)29-21-27-13-15(12-26)19(30-21)28-14(2)3/h5-6,11,13-14H,4,7-10H2,1-3H3,(H2,27,28,29,30). The van der Waals surface area contributed by atoms with Gasteiger partial charge in [0, 0.05) is 44.0 Å². The summed E-state index contributed by atoms with van der Waals surface area (Å²) >= 11 is 0. The number of nitrogens with one attached hydrogen (secondary N) is 2. The molecule has 1 aliphatic rings. The van der Waals surface area contributed by atoms with Crippen LogP contribution in [0.25, 0.3) is 0 Å². The van der Waals surface area contributed by atoms with Gasteiger partial charge in [-0.1, -0.05) is 6.92 Å². The van der Waals surface area contributed by atoms with E-state index in [9.17, 15) is 23.2 Å². The van der Waals surface area contributed by atoms with E-state index in [-0.39, 0.29) is 34.8 Å². The van der Waals surface area contributed by atoms with Crippen molar-refractivity contribution in [3.05, 3.63) is 30.0 Å². The Morgan fingerprint density at radius 3 is 2.56 bits per heavy atom.